The summed E-state index contributed by atoms with van der Waals surface area (Å²) in [6.45, 7) is 5.79. The molecule has 0 radical (unpaired) electrons. The Kier molecular flexibility index (Phi) is 4.05. The number of hydrogen-bond donors (Lipinski definition) is 0. The van der Waals surface area contributed by atoms with Crippen LogP contribution in [0.15, 0.2) is 18.5 Å². The number of hydrogen-bond acceptors (Lipinski definition) is 6. The smallest absolute Gasteiger partial charge is 0.225 e. The van der Waals surface area contributed by atoms with Gasteiger partial charge in [0.1, 0.15) is 12.1 Å². The fraction of sp³-hybridized carbons (Fsp3) is 0.625. The van der Waals surface area contributed by atoms with Gasteiger partial charge in [-0.05, 0) is 31.9 Å². The molecule has 8 nitrogen and oxygen atoms in total. The predicted octanol–water partition coefficient (Wildman–Crippen LogP) is 0.588. The summed E-state index contributed by atoms with van der Waals surface area (Å²) in [6, 6.07) is 3.89. The van der Waals surface area contributed by atoms with E-state index >= 15 is 0 Å². The molecule has 0 saturated carbocycles. The summed E-state index contributed by atoms with van der Waals surface area (Å²) in [5.41, 5.74) is 0.741. The molecular formula is C16H22N6O2. The van der Waals surface area contributed by atoms with Crippen LogP contribution in [0.5, 0.6) is 0 Å². The average Bonchev–Trinajstić information content (AvgIpc) is 3.09. The fourth-order valence-electron chi connectivity index (χ4n) is 3.52. The number of anilines is 1. The number of ether oxygens (including phenoxy) is 1. The topological polar surface area (TPSA) is 75.9 Å². The van der Waals surface area contributed by atoms with Crippen LogP contribution >= 0.6 is 0 Å². The van der Waals surface area contributed by atoms with Crippen LogP contribution in [0.1, 0.15) is 19.8 Å². The molecule has 1 amide bonds. The Balaban J connectivity index is 1.38. The van der Waals surface area contributed by atoms with E-state index in [2.05, 4.69) is 20.2 Å². The molecule has 2 saturated heterocycles. The first kappa shape index (κ1) is 15.3. The van der Waals surface area contributed by atoms with Crippen molar-refractivity contribution in [2.45, 2.75) is 25.9 Å². The second kappa shape index (κ2) is 6.35. The van der Waals surface area contributed by atoms with E-state index in [-0.39, 0.29) is 17.9 Å². The van der Waals surface area contributed by atoms with Crippen LogP contribution in [-0.4, -0.2) is 69.5 Å². The molecule has 0 bridgehead atoms. The Morgan fingerprint density at radius 1 is 1.25 bits per heavy atom. The minimum Gasteiger partial charge on any atom is -0.375 e. The normalized spacial score (nSPS) is 23.0. The number of amides is 1. The molecule has 128 valence electrons. The Labute approximate surface area is 140 Å². The van der Waals surface area contributed by atoms with Crippen molar-refractivity contribution in [3.05, 3.63) is 18.5 Å². The average molecular weight is 330 g/mol. The molecule has 0 aromatic carbocycles. The second-order valence-electron chi connectivity index (χ2n) is 6.55. The number of piperidine rings is 1. The van der Waals surface area contributed by atoms with E-state index in [1.165, 1.54) is 0 Å². The van der Waals surface area contributed by atoms with Gasteiger partial charge in [0.2, 0.25) is 5.91 Å². The quantitative estimate of drug-likeness (QED) is 0.802. The summed E-state index contributed by atoms with van der Waals surface area (Å²) >= 11 is 0. The molecule has 4 rings (SSSR count). The summed E-state index contributed by atoms with van der Waals surface area (Å²) in [4.78, 5) is 16.9. The van der Waals surface area contributed by atoms with Crippen molar-refractivity contribution in [1.82, 2.24) is 24.7 Å². The SMILES string of the molecule is CC1CN(C(=O)C2CCN(c3ccc4nncn4n3)CC2)CCO1. The summed E-state index contributed by atoms with van der Waals surface area (Å²) in [5.74, 6) is 1.31. The largest absolute Gasteiger partial charge is 0.375 e. The molecule has 8 heteroatoms. The monoisotopic (exact) mass is 330 g/mol. The molecule has 0 spiro atoms. The van der Waals surface area contributed by atoms with E-state index in [0.717, 1.165) is 43.9 Å². The molecule has 0 N–H and O–H groups in total. The van der Waals surface area contributed by atoms with Gasteiger partial charge in [-0.1, -0.05) is 0 Å². The molecule has 24 heavy (non-hydrogen) atoms. The lowest BCUT2D eigenvalue weighted by Crippen LogP contribution is -2.49. The zero-order valence-electron chi connectivity index (χ0n) is 13.8. The van der Waals surface area contributed by atoms with Gasteiger partial charge in [0.05, 0.1) is 12.7 Å². The van der Waals surface area contributed by atoms with Gasteiger partial charge >= 0.3 is 0 Å². The Morgan fingerprint density at radius 2 is 2.08 bits per heavy atom. The maximum absolute atomic E-state index is 12.7. The molecule has 2 aromatic heterocycles. The Bertz CT molecular complexity index is 724. The highest BCUT2D eigenvalue weighted by Gasteiger charge is 2.31. The van der Waals surface area contributed by atoms with Crippen LogP contribution in [0.25, 0.3) is 5.65 Å². The molecule has 2 aromatic rings. The first-order valence-electron chi connectivity index (χ1n) is 8.53. The molecule has 1 unspecified atom stereocenters. The van der Waals surface area contributed by atoms with Gasteiger partial charge in [0.15, 0.2) is 5.65 Å². The van der Waals surface area contributed by atoms with Crippen molar-refractivity contribution in [3.63, 3.8) is 0 Å². The lowest BCUT2D eigenvalue weighted by Gasteiger charge is -2.37. The van der Waals surface area contributed by atoms with Crippen LogP contribution in [0.2, 0.25) is 0 Å². The van der Waals surface area contributed by atoms with E-state index in [0.29, 0.717) is 13.2 Å². The van der Waals surface area contributed by atoms with Crippen LogP contribution in [0.3, 0.4) is 0 Å². The number of fused-ring (bicyclic) bond motifs is 1. The van der Waals surface area contributed by atoms with Crippen molar-refractivity contribution < 1.29 is 9.53 Å². The van der Waals surface area contributed by atoms with Crippen molar-refractivity contribution >= 4 is 17.4 Å². The van der Waals surface area contributed by atoms with E-state index in [1.54, 1.807) is 10.8 Å². The fourth-order valence-corrected chi connectivity index (χ4v) is 3.52. The first-order valence-corrected chi connectivity index (χ1v) is 8.53. The number of nitrogens with zero attached hydrogens (tertiary/aromatic N) is 6. The zero-order valence-corrected chi connectivity index (χ0v) is 13.8. The van der Waals surface area contributed by atoms with Crippen molar-refractivity contribution in [1.29, 1.82) is 0 Å². The van der Waals surface area contributed by atoms with Crippen molar-refractivity contribution in [2.24, 2.45) is 5.92 Å². The van der Waals surface area contributed by atoms with E-state index < -0.39 is 0 Å². The lowest BCUT2D eigenvalue weighted by atomic mass is 9.95. The van der Waals surface area contributed by atoms with Crippen LogP contribution in [0.4, 0.5) is 5.82 Å². The second-order valence-corrected chi connectivity index (χ2v) is 6.55. The lowest BCUT2D eigenvalue weighted by molar-refractivity contribution is -0.143. The first-order chi connectivity index (χ1) is 11.7. The van der Waals surface area contributed by atoms with Gasteiger partial charge < -0.3 is 14.5 Å². The molecule has 1 atom stereocenters. The van der Waals surface area contributed by atoms with Gasteiger partial charge in [0.25, 0.3) is 0 Å². The van der Waals surface area contributed by atoms with Crippen LogP contribution in [-0.2, 0) is 9.53 Å². The van der Waals surface area contributed by atoms with Gasteiger partial charge in [-0.3, -0.25) is 4.79 Å². The Hall–Kier alpha value is -2.22. The van der Waals surface area contributed by atoms with Crippen LogP contribution < -0.4 is 4.90 Å². The standard InChI is InChI=1S/C16H22N6O2/c1-12-10-21(8-9-24-12)16(23)13-4-6-20(7-5-13)15-3-2-14-18-17-11-22(14)19-15/h2-3,11-13H,4-10H2,1H3. The highest BCUT2D eigenvalue weighted by Crippen LogP contribution is 2.24. The van der Waals surface area contributed by atoms with Gasteiger partial charge in [0, 0.05) is 32.1 Å². The molecular weight excluding hydrogens is 308 g/mol. The van der Waals surface area contributed by atoms with Crippen LogP contribution in [0, 0.1) is 5.92 Å². The predicted molar refractivity (Wildman–Crippen MR) is 87.7 cm³/mol. The summed E-state index contributed by atoms with van der Waals surface area (Å²) in [7, 11) is 0. The summed E-state index contributed by atoms with van der Waals surface area (Å²) in [5, 5.41) is 12.4. The molecule has 2 aliphatic heterocycles. The molecule has 2 aliphatic rings. The third-order valence-corrected chi connectivity index (χ3v) is 4.87. The number of morpholine rings is 1. The summed E-state index contributed by atoms with van der Waals surface area (Å²) < 4.78 is 7.21. The number of carbonyl (C=O) groups excluding carboxylic acids is 1. The minimum absolute atomic E-state index is 0.116. The molecule has 2 fully saturated rings. The maximum Gasteiger partial charge on any atom is 0.225 e. The third kappa shape index (κ3) is 2.93. The molecule has 0 aliphatic carbocycles. The van der Waals surface area contributed by atoms with E-state index in [4.69, 9.17) is 4.74 Å². The van der Waals surface area contributed by atoms with Crippen molar-refractivity contribution in [3.8, 4) is 0 Å². The number of carbonyl (C=O) groups is 1. The zero-order chi connectivity index (χ0) is 16.5. The number of aromatic nitrogens is 4. The highest BCUT2D eigenvalue weighted by atomic mass is 16.5. The summed E-state index contributed by atoms with van der Waals surface area (Å²) in [6.07, 6.45) is 3.48. The third-order valence-electron chi connectivity index (χ3n) is 4.87. The molecule has 4 heterocycles. The van der Waals surface area contributed by atoms with E-state index in [9.17, 15) is 4.79 Å². The Morgan fingerprint density at radius 3 is 2.88 bits per heavy atom. The van der Waals surface area contributed by atoms with Gasteiger partial charge in [-0.2, -0.15) is 4.52 Å². The highest BCUT2D eigenvalue weighted by molar-refractivity contribution is 5.79. The van der Waals surface area contributed by atoms with Gasteiger partial charge in [-0.15, -0.1) is 15.3 Å². The van der Waals surface area contributed by atoms with Crippen molar-refractivity contribution in [2.75, 3.05) is 37.7 Å². The minimum atomic E-state index is 0.116. The van der Waals surface area contributed by atoms with E-state index in [1.807, 2.05) is 24.0 Å². The van der Waals surface area contributed by atoms with Gasteiger partial charge in [-0.25, -0.2) is 0 Å². The maximum atomic E-state index is 12.7. The number of rotatable bonds is 2.